The first-order valence-electron chi connectivity index (χ1n) is 5.91. The summed E-state index contributed by atoms with van der Waals surface area (Å²) in [5.41, 5.74) is 0.0889. The van der Waals surface area contributed by atoms with Crippen molar-refractivity contribution in [2.75, 3.05) is 20.1 Å². The molecule has 16 heavy (non-hydrogen) atoms. The molecular weight excluding hydrogens is 226 g/mol. The Labute approximate surface area is 97.8 Å². The fourth-order valence-corrected chi connectivity index (χ4v) is 3.43. The summed E-state index contributed by atoms with van der Waals surface area (Å²) in [7, 11) is -1.29. The molecule has 94 valence electrons. The quantitative estimate of drug-likeness (QED) is 0.738. The van der Waals surface area contributed by atoms with Gasteiger partial charge in [0.05, 0.1) is 0 Å². The summed E-state index contributed by atoms with van der Waals surface area (Å²) in [6.45, 7) is 3.37. The minimum Gasteiger partial charge on any atom is -0.314 e. The largest absolute Gasteiger partial charge is 0.314 e. The molecule has 0 atom stereocenters. The maximum Gasteiger partial charge on any atom is 0.279 e. The van der Waals surface area contributed by atoms with Crippen molar-refractivity contribution in [2.45, 2.75) is 44.2 Å². The van der Waals surface area contributed by atoms with E-state index in [1.54, 1.807) is 4.31 Å². The van der Waals surface area contributed by atoms with E-state index in [0.29, 0.717) is 13.1 Å². The van der Waals surface area contributed by atoms with Gasteiger partial charge in [0.1, 0.15) is 0 Å². The number of hydrogen-bond donors (Lipinski definition) is 2. The first-order valence-corrected chi connectivity index (χ1v) is 7.35. The average molecular weight is 247 g/mol. The third kappa shape index (κ3) is 2.74. The zero-order chi connectivity index (χ0) is 11.8. The monoisotopic (exact) mass is 247 g/mol. The summed E-state index contributed by atoms with van der Waals surface area (Å²) in [5.74, 6) is 0. The van der Waals surface area contributed by atoms with Crippen molar-refractivity contribution in [3.63, 3.8) is 0 Å². The number of rotatable bonds is 4. The van der Waals surface area contributed by atoms with Crippen LogP contribution in [0.25, 0.3) is 0 Å². The Kier molecular flexibility index (Phi) is 3.27. The van der Waals surface area contributed by atoms with Crippen LogP contribution in [0.5, 0.6) is 0 Å². The summed E-state index contributed by atoms with van der Waals surface area (Å²) in [6, 6.07) is 0.197. The molecule has 0 radical (unpaired) electrons. The van der Waals surface area contributed by atoms with Gasteiger partial charge in [0, 0.05) is 24.7 Å². The molecule has 2 fully saturated rings. The average Bonchev–Trinajstić information content (AvgIpc) is 3.02. The van der Waals surface area contributed by atoms with Crippen molar-refractivity contribution in [2.24, 2.45) is 0 Å². The van der Waals surface area contributed by atoms with Gasteiger partial charge in [0.15, 0.2) is 0 Å². The second kappa shape index (κ2) is 4.25. The molecule has 0 unspecified atom stereocenters. The van der Waals surface area contributed by atoms with Crippen molar-refractivity contribution in [1.29, 1.82) is 0 Å². The Hall–Kier alpha value is -0.170. The van der Waals surface area contributed by atoms with Gasteiger partial charge in [-0.15, -0.1) is 0 Å². The first-order chi connectivity index (χ1) is 7.45. The smallest absolute Gasteiger partial charge is 0.279 e. The van der Waals surface area contributed by atoms with Crippen LogP contribution in [0.4, 0.5) is 0 Å². The zero-order valence-electron chi connectivity index (χ0n) is 9.99. The molecule has 2 N–H and O–H groups in total. The fraction of sp³-hybridized carbons (Fsp3) is 1.00. The molecule has 1 heterocycles. The highest BCUT2D eigenvalue weighted by molar-refractivity contribution is 7.87. The molecule has 2 rings (SSSR count). The second-order valence-corrected chi connectivity index (χ2v) is 6.81. The van der Waals surface area contributed by atoms with Crippen LogP contribution in [0.2, 0.25) is 0 Å². The van der Waals surface area contributed by atoms with Crippen molar-refractivity contribution < 1.29 is 8.42 Å². The lowest BCUT2D eigenvalue weighted by Gasteiger charge is -2.38. The normalized spacial score (nSPS) is 26.9. The standard InChI is InChI=1S/C10H21N3O2S/c1-10(11-2)5-7-13(8-6-10)16(14,15)12-9-3-4-9/h9,11-12H,3-8H2,1-2H3. The van der Waals surface area contributed by atoms with Gasteiger partial charge < -0.3 is 5.32 Å². The summed E-state index contributed by atoms with van der Waals surface area (Å²) < 4.78 is 28.2. The van der Waals surface area contributed by atoms with Crippen LogP contribution in [-0.2, 0) is 10.2 Å². The maximum absolute atomic E-state index is 11.9. The Morgan fingerprint density at radius 3 is 2.25 bits per heavy atom. The van der Waals surface area contributed by atoms with Gasteiger partial charge in [-0.25, -0.2) is 0 Å². The van der Waals surface area contributed by atoms with Crippen LogP contribution in [0.1, 0.15) is 32.6 Å². The van der Waals surface area contributed by atoms with Gasteiger partial charge >= 0.3 is 0 Å². The van der Waals surface area contributed by atoms with E-state index in [1.807, 2.05) is 7.05 Å². The predicted octanol–water partition coefficient (Wildman–Crippen LogP) is 0.0571. The number of nitrogens with one attached hydrogen (secondary N) is 2. The molecule has 1 saturated carbocycles. The van der Waals surface area contributed by atoms with Crippen molar-refractivity contribution in [3.8, 4) is 0 Å². The molecule has 6 heteroatoms. The molecule has 0 spiro atoms. The number of hydrogen-bond acceptors (Lipinski definition) is 3. The minimum atomic E-state index is -3.22. The Balaban J connectivity index is 1.92. The van der Waals surface area contributed by atoms with E-state index in [0.717, 1.165) is 25.7 Å². The lowest BCUT2D eigenvalue weighted by Crippen LogP contribution is -2.53. The van der Waals surface area contributed by atoms with Crippen LogP contribution in [0.15, 0.2) is 0 Å². The summed E-state index contributed by atoms with van der Waals surface area (Å²) in [6.07, 6.45) is 3.72. The van der Waals surface area contributed by atoms with Crippen LogP contribution < -0.4 is 10.0 Å². The number of piperidine rings is 1. The summed E-state index contributed by atoms with van der Waals surface area (Å²) in [4.78, 5) is 0. The van der Waals surface area contributed by atoms with Gasteiger partial charge in [-0.3, -0.25) is 0 Å². The molecule has 5 nitrogen and oxygen atoms in total. The highest BCUT2D eigenvalue weighted by atomic mass is 32.2. The first kappa shape index (κ1) is 12.3. The van der Waals surface area contributed by atoms with Crippen molar-refractivity contribution in [1.82, 2.24) is 14.3 Å². The summed E-state index contributed by atoms with van der Waals surface area (Å²) >= 11 is 0. The molecule has 1 aliphatic carbocycles. The van der Waals surface area contributed by atoms with E-state index in [2.05, 4.69) is 17.0 Å². The minimum absolute atomic E-state index is 0.0889. The lowest BCUT2D eigenvalue weighted by atomic mass is 9.91. The molecule has 1 aliphatic heterocycles. The van der Waals surface area contributed by atoms with Crippen LogP contribution in [0, 0.1) is 0 Å². The zero-order valence-corrected chi connectivity index (χ0v) is 10.8. The Morgan fingerprint density at radius 2 is 1.81 bits per heavy atom. The van der Waals surface area contributed by atoms with Crippen molar-refractivity contribution in [3.05, 3.63) is 0 Å². The summed E-state index contributed by atoms with van der Waals surface area (Å²) in [5, 5.41) is 3.26. The molecule has 0 bridgehead atoms. The highest BCUT2D eigenvalue weighted by Crippen LogP contribution is 2.25. The van der Waals surface area contributed by atoms with Gasteiger partial charge in [0.25, 0.3) is 10.2 Å². The molecule has 0 aromatic heterocycles. The molecule has 0 aromatic carbocycles. The van der Waals surface area contributed by atoms with E-state index in [-0.39, 0.29) is 11.6 Å². The number of nitrogens with zero attached hydrogens (tertiary/aromatic N) is 1. The molecule has 0 aromatic rings. The third-order valence-corrected chi connectivity index (χ3v) is 5.34. The van der Waals surface area contributed by atoms with Crippen LogP contribution in [-0.4, -0.2) is 44.4 Å². The van der Waals surface area contributed by atoms with Gasteiger partial charge in [0.2, 0.25) is 0 Å². The predicted molar refractivity (Wildman–Crippen MR) is 63.3 cm³/mol. The Morgan fingerprint density at radius 1 is 1.25 bits per heavy atom. The lowest BCUT2D eigenvalue weighted by molar-refractivity contribution is 0.218. The van der Waals surface area contributed by atoms with Gasteiger partial charge in [-0.1, -0.05) is 0 Å². The van der Waals surface area contributed by atoms with Gasteiger partial charge in [-0.05, 0) is 39.7 Å². The maximum atomic E-state index is 11.9. The Bertz CT molecular complexity index is 343. The second-order valence-electron chi connectivity index (χ2n) is 5.11. The molecular formula is C10H21N3O2S. The molecule has 0 amide bonds. The van der Waals surface area contributed by atoms with Gasteiger partial charge in [-0.2, -0.15) is 17.4 Å². The van der Waals surface area contributed by atoms with E-state index in [1.165, 1.54) is 0 Å². The topological polar surface area (TPSA) is 61.4 Å². The van der Waals surface area contributed by atoms with E-state index in [9.17, 15) is 8.42 Å². The van der Waals surface area contributed by atoms with Crippen LogP contribution >= 0.6 is 0 Å². The van der Waals surface area contributed by atoms with E-state index >= 15 is 0 Å². The van der Waals surface area contributed by atoms with E-state index < -0.39 is 10.2 Å². The van der Waals surface area contributed by atoms with Crippen molar-refractivity contribution >= 4 is 10.2 Å². The molecule has 2 aliphatic rings. The molecule has 1 saturated heterocycles. The van der Waals surface area contributed by atoms with Crippen LogP contribution in [0.3, 0.4) is 0 Å². The van der Waals surface area contributed by atoms with E-state index in [4.69, 9.17) is 0 Å². The third-order valence-electron chi connectivity index (χ3n) is 3.66. The SMILES string of the molecule is CNC1(C)CCN(S(=O)(=O)NC2CC2)CC1. The fourth-order valence-electron chi connectivity index (χ4n) is 1.96. The highest BCUT2D eigenvalue weighted by Gasteiger charge is 2.36.